The van der Waals surface area contributed by atoms with E-state index in [9.17, 15) is 9.90 Å². The Hall–Kier alpha value is -3.03. The first-order valence-electron chi connectivity index (χ1n) is 10.0. The minimum absolute atomic E-state index is 0.0126. The summed E-state index contributed by atoms with van der Waals surface area (Å²) in [5.74, 6) is -0.272. The van der Waals surface area contributed by atoms with Gasteiger partial charge in [-0.3, -0.25) is 0 Å². The lowest BCUT2D eigenvalue weighted by atomic mass is 9.99. The summed E-state index contributed by atoms with van der Waals surface area (Å²) in [7, 11) is 3.76. The van der Waals surface area contributed by atoms with Gasteiger partial charge in [-0.15, -0.1) is 0 Å². The molecule has 0 radical (unpaired) electrons. The SMILES string of the molecule is CC(C)c1nn(C2CCCC2)c2nc(C(=O)O)cc(-c3cnc(N(C)C)nc3)c12. The summed E-state index contributed by atoms with van der Waals surface area (Å²) in [6.45, 7) is 4.20. The zero-order chi connectivity index (χ0) is 20.7. The molecule has 0 amide bonds. The fraction of sp³-hybridized carbons (Fsp3) is 0.476. The van der Waals surface area contributed by atoms with Crippen LogP contribution < -0.4 is 4.90 Å². The van der Waals surface area contributed by atoms with Gasteiger partial charge in [0.05, 0.1) is 17.1 Å². The Labute approximate surface area is 169 Å². The first kappa shape index (κ1) is 19.3. The van der Waals surface area contributed by atoms with Crippen molar-refractivity contribution in [3.8, 4) is 11.1 Å². The maximum atomic E-state index is 11.8. The predicted molar refractivity (Wildman–Crippen MR) is 111 cm³/mol. The number of pyridine rings is 1. The number of hydrogen-bond acceptors (Lipinski definition) is 6. The minimum atomic E-state index is -1.05. The van der Waals surface area contributed by atoms with Crippen LogP contribution in [0.25, 0.3) is 22.2 Å². The molecule has 3 aromatic rings. The third-order valence-electron chi connectivity index (χ3n) is 5.47. The third-order valence-corrected chi connectivity index (χ3v) is 5.47. The molecule has 1 aliphatic rings. The summed E-state index contributed by atoms with van der Waals surface area (Å²) in [5, 5.41) is 15.5. The average Bonchev–Trinajstić information content (AvgIpc) is 3.34. The van der Waals surface area contributed by atoms with Gasteiger partial charge in [-0.2, -0.15) is 5.10 Å². The van der Waals surface area contributed by atoms with Crippen molar-refractivity contribution < 1.29 is 9.90 Å². The highest BCUT2D eigenvalue weighted by Gasteiger charge is 2.27. The quantitative estimate of drug-likeness (QED) is 0.701. The second-order valence-electron chi connectivity index (χ2n) is 8.15. The number of anilines is 1. The lowest BCUT2D eigenvalue weighted by Crippen LogP contribution is -2.12. The van der Waals surface area contributed by atoms with Crippen molar-refractivity contribution >= 4 is 23.0 Å². The molecule has 0 aromatic carbocycles. The van der Waals surface area contributed by atoms with E-state index in [-0.39, 0.29) is 17.7 Å². The molecule has 1 aliphatic carbocycles. The summed E-state index contributed by atoms with van der Waals surface area (Å²) >= 11 is 0. The largest absolute Gasteiger partial charge is 0.477 e. The normalized spacial score (nSPS) is 14.8. The Morgan fingerprint density at radius 3 is 2.41 bits per heavy atom. The number of carboxylic acid groups (broad SMARTS) is 1. The summed E-state index contributed by atoms with van der Waals surface area (Å²) in [6.07, 6.45) is 7.88. The number of fused-ring (bicyclic) bond motifs is 1. The molecule has 0 aliphatic heterocycles. The topological polar surface area (TPSA) is 97.0 Å². The molecule has 8 heteroatoms. The van der Waals surface area contributed by atoms with E-state index >= 15 is 0 Å². The van der Waals surface area contributed by atoms with Gasteiger partial charge >= 0.3 is 5.97 Å². The molecule has 0 unspecified atom stereocenters. The first-order chi connectivity index (χ1) is 13.9. The number of carboxylic acids is 1. The number of carbonyl (C=O) groups is 1. The molecule has 1 N–H and O–H groups in total. The van der Waals surface area contributed by atoms with E-state index in [0.29, 0.717) is 11.6 Å². The molecular weight excluding hydrogens is 368 g/mol. The summed E-state index contributed by atoms with van der Waals surface area (Å²) in [4.78, 5) is 27.0. The smallest absolute Gasteiger partial charge is 0.354 e. The summed E-state index contributed by atoms with van der Waals surface area (Å²) in [5.41, 5.74) is 3.12. The Kier molecular flexibility index (Phi) is 4.94. The predicted octanol–water partition coefficient (Wildman–Crippen LogP) is 3.89. The maximum absolute atomic E-state index is 11.8. The van der Waals surface area contributed by atoms with Gasteiger partial charge in [-0.1, -0.05) is 26.7 Å². The van der Waals surface area contributed by atoms with Gasteiger partial charge in [0.1, 0.15) is 0 Å². The Morgan fingerprint density at radius 2 is 1.86 bits per heavy atom. The molecule has 0 bridgehead atoms. The van der Waals surface area contributed by atoms with Crippen LogP contribution in [0.4, 0.5) is 5.95 Å². The van der Waals surface area contributed by atoms with Gasteiger partial charge in [0, 0.05) is 37.6 Å². The second kappa shape index (κ2) is 7.42. The van der Waals surface area contributed by atoms with Crippen LogP contribution in [0, 0.1) is 0 Å². The molecule has 1 fully saturated rings. The molecule has 0 spiro atoms. The van der Waals surface area contributed by atoms with Crippen LogP contribution in [0.3, 0.4) is 0 Å². The van der Waals surface area contributed by atoms with Crippen LogP contribution in [0.15, 0.2) is 18.5 Å². The molecule has 4 rings (SSSR count). The molecule has 152 valence electrons. The molecular formula is C21H26N6O2. The van der Waals surface area contributed by atoms with Crippen LogP contribution in [0.5, 0.6) is 0 Å². The number of nitrogens with zero attached hydrogens (tertiary/aromatic N) is 6. The van der Waals surface area contributed by atoms with Gasteiger partial charge in [0.2, 0.25) is 5.95 Å². The van der Waals surface area contributed by atoms with Crippen LogP contribution >= 0.6 is 0 Å². The first-order valence-corrected chi connectivity index (χ1v) is 10.0. The Balaban J connectivity index is 2.00. The maximum Gasteiger partial charge on any atom is 0.354 e. The fourth-order valence-electron chi connectivity index (χ4n) is 4.00. The zero-order valence-electron chi connectivity index (χ0n) is 17.3. The second-order valence-corrected chi connectivity index (χ2v) is 8.15. The van der Waals surface area contributed by atoms with Crippen LogP contribution in [-0.4, -0.2) is 49.9 Å². The third kappa shape index (κ3) is 3.43. The standard InChI is InChI=1S/C21H26N6O2/c1-12(2)18-17-15(13-10-22-21(23-11-13)26(3)4)9-16(20(28)29)24-19(17)27(25-18)14-7-5-6-8-14/h9-12,14H,5-8H2,1-4H3,(H,28,29). The van der Waals surface area contributed by atoms with Crippen molar-refractivity contribution in [2.24, 2.45) is 0 Å². The minimum Gasteiger partial charge on any atom is -0.477 e. The van der Waals surface area contributed by atoms with Crippen molar-refractivity contribution in [3.63, 3.8) is 0 Å². The van der Waals surface area contributed by atoms with E-state index in [1.807, 2.05) is 23.7 Å². The van der Waals surface area contributed by atoms with Gasteiger partial charge in [0.25, 0.3) is 0 Å². The lowest BCUT2D eigenvalue weighted by Gasteiger charge is -2.12. The van der Waals surface area contributed by atoms with Gasteiger partial charge in [-0.25, -0.2) is 24.4 Å². The van der Waals surface area contributed by atoms with Crippen LogP contribution in [0.2, 0.25) is 0 Å². The van der Waals surface area contributed by atoms with Gasteiger partial charge < -0.3 is 10.0 Å². The highest BCUT2D eigenvalue weighted by Crippen LogP contribution is 2.38. The monoisotopic (exact) mass is 394 g/mol. The molecule has 3 heterocycles. The molecule has 0 atom stereocenters. The molecule has 1 saturated carbocycles. The zero-order valence-corrected chi connectivity index (χ0v) is 17.3. The fourth-order valence-corrected chi connectivity index (χ4v) is 4.00. The van der Waals surface area contributed by atoms with Crippen molar-refractivity contribution in [1.29, 1.82) is 0 Å². The van der Waals surface area contributed by atoms with Crippen molar-refractivity contribution in [1.82, 2.24) is 24.7 Å². The van der Waals surface area contributed by atoms with Gasteiger partial charge in [0.15, 0.2) is 11.3 Å². The number of hydrogen-bond donors (Lipinski definition) is 1. The van der Waals surface area contributed by atoms with E-state index in [4.69, 9.17) is 5.10 Å². The summed E-state index contributed by atoms with van der Waals surface area (Å²) < 4.78 is 1.96. The van der Waals surface area contributed by atoms with E-state index in [1.165, 1.54) is 0 Å². The average molecular weight is 394 g/mol. The van der Waals surface area contributed by atoms with Crippen molar-refractivity contribution in [2.75, 3.05) is 19.0 Å². The van der Waals surface area contributed by atoms with E-state index in [2.05, 4.69) is 28.8 Å². The molecule has 8 nitrogen and oxygen atoms in total. The van der Waals surface area contributed by atoms with E-state index in [0.717, 1.165) is 47.9 Å². The summed E-state index contributed by atoms with van der Waals surface area (Å²) in [6, 6.07) is 1.88. The van der Waals surface area contributed by atoms with Gasteiger partial charge in [-0.05, 0) is 24.8 Å². The molecule has 29 heavy (non-hydrogen) atoms. The van der Waals surface area contributed by atoms with Crippen molar-refractivity contribution in [2.45, 2.75) is 51.5 Å². The highest BCUT2D eigenvalue weighted by atomic mass is 16.4. The van der Waals surface area contributed by atoms with Crippen LogP contribution in [-0.2, 0) is 0 Å². The number of aromatic carboxylic acids is 1. The number of aromatic nitrogens is 5. The Morgan fingerprint density at radius 1 is 1.21 bits per heavy atom. The van der Waals surface area contributed by atoms with Crippen LogP contribution in [0.1, 0.15) is 67.7 Å². The molecule has 0 saturated heterocycles. The van der Waals surface area contributed by atoms with E-state index < -0.39 is 5.97 Å². The Bertz CT molecular complexity index is 1050. The van der Waals surface area contributed by atoms with E-state index in [1.54, 1.807) is 18.5 Å². The lowest BCUT2D eigenvalue weighted by molar-refractivity contribution is 0.0691. The highest BCUT2D eigenvalue weighted by molar-refractivity contribution is 5.99. The number of rotatable bonds is 5. The molecule has 3 aromatic heterocycles. The van der Waals surface area contributed by atoms with Crippen molar-refractivity contribution in [3.05, 3.63) is 29.8 Å².